The van der Waals surface area contributed by atoms with Gasteiger partial charge in [0, 0.05) is 42.6 Å². The summed E-state index contributed by atoms with van der Waals surface area (Å²) in [6.45, 7) is 3.75. The molecule has 1 atom stereocenters. The van der Waals surface area contributed by atoms with Gasteiger partial charge in [-0.15, -0.1) is 0 Å². The van der Waals surface area contributed by atoms with Crippen LogP contribution in [0.15, 0.2) is 53.5 Å². The summed E-state index contributed by atoms with van der Waals surface area (Å²) in [7, 11) is 0. The van der Waals surface area contributed by atoms with E-state index in [1.54, 1.807) is 6.92 Å². The van der Waals surface area contributed by atoms with Crippen molar-refractivity contribution in [1.29, 1.82) is 0 Å². The Balaban J connectivity index is 1.67. The third-order valence-electron chi connectivity index (χ3n) is 5.94. The first kappa shape index (κ1) is 23.2. The number of carbonyl (C=O) groups excluding carboxylic acids is 2. The van der Waals surface area contributed by atoms with Crippen molar-refractivity contribution in [1.82, 2.24) is 9.88 Å². The van der Waals surface area contributed by atoms with E-state index in [4.69, 9.17) is 0 Å². The number of anilines is 1. The van der Waals surface area contributed by atoms with Gasteiger partial charge in [0.2, 0.25) is 5.43 Å². The van der Waals surface area contributed by atoms with Crippen LogP contribution in [-0.4, -0.2) is 28.0 Å². The van der Waals surface area contributed by atoms with Crippen molar-refractivity contribution in [3.8, 4) is 5.75 Å². The maximum Gasteiger partial charge on any atom is 0.279 e. The van der Waals surface area contributed by atoms with Crippen LogP contribution >= 0.6 is 0 Å². The molecule has 2 amide bonds. The smallest absolute Gasteiger partial charge is 0.279 e. The number of nitrogens with one attached hydrogen (secondary N) is 1. The molecule has 0 aliphatic carbocycles. The summed E-state index contributed by atoms with van der Waals surface area (Å²) in [4.78, 5) is 40.3. The SMILES string of the molecule is CCc1ccccc1N1CC(C)n2cc(C(=O)NCc3ccc(F)cc3F)c(=O)c(O)c2C1=O. The molecule has 2 heterocycles. The number of hydrogen-bond acceptors (Lipinski definition) is 4. The number of nitrogens with zero attached hydrogens (tertiary/aromatic N) is 2. The number of aromatic hydroxyl groups is 1. The lowest BCUT2D eigenvalue weighted by atomic mass is 10.0. The molecule has 1 aromatic heterocycles. The van der Waals surface area contributed by atoms with Gasteiger partial charge in [0.1, 0.15) is 17.2 Å². The van der Waals surface area contributed by atoms with Crippen LogP contribution < -0.4 is 15.6 Å². The maximum absolute atomic E-state index is 13.9. The van der Waals surface area contributed by atoms with Crippen LogP contribution in [0.3, 0.4) is 0 Å². The molecule has 9 heteroatoms. The Hall–Kier alpha value is -4.01. The largest absolute Gasteiger partial charge is 0.503 e. The molecule has 4 rings (SSSR count). The number of pyridine rings is 1. The number of amides is 2. The molecule has 34 heavy (non-hydrogen) atoms. The zero-order chi connectivity index (χ0) is 24.6. The summed E-state index contributed by atoms with van der Waals surface area (Å²) in [6, 6.07) is 9.98. The molecule has 0 fully saturated rings. The molecular formula is C25H23F2N3O4. The number of aryl methyl sites for hydroxylation is 1. The highest BCUT2D eigenvalue weighted by molar-refractivity contribution is 6.08. The fourth-order valence-corrected chi connectivity index (χ4v) is 4.12. The standard InChI is InChI=1S/C25H23F2N3O4/c1-3-15-6-4-5-7-20(15)30-12-14(2)29-13-18(22(31)23(32)21(29)25(30)34)24(33)28-11-16-8-9-17(26)10-19(16)27/h4-10,13-14,32H,3,11-12H2,1-2H3,(H,28,33). The number of benzene rings is 2. The van der Waals surface area contributed by atoms with Gasteiger partial charge in [-0.1, -0.05) is 31.2 Å². The van der Waals surface area contributed by atoms with E-state index >= 15 is 0 Å². The van der Waals surface area contributed by atoms with E-state index in [0.717, 1.165) is 11.6 Å². The number of hydrogen-bond donors (Lipinski definition) is 2. The molecule has 176 valence electrons. The fraction of sp³-hybridized carbons (Fsp3) is 0.240. The quantitative estimate of drug-likeness (QED) is 0.601. The Bertz CT molecular complexity index is 1350. The van der Waals surface area contributed by atoms with E-state index in [1.807, 2.05) is 31.2 Å². The third kappa shape index (κ3) is 4.05. The van der Waals surface area contributed by atoms with Gasteiger partial charge < -0.3 is 19.9 Å². The Kier molecular flexibility index (Phi) is 6.19. The van der Waals surface area contributed by atoms with E-state index in [2.05, 4.69) is 5.32 Å². The molecule has 2 aromatic carbocycles. The van der Waals surface area contributed by atoms with Crippen LogP contribution in [-0.2, 0) is 13.0 Å². The lowest BCUT2D eigenvalue weighted by molar-refractivity contribution is 0.0930. The van der Waals surface area contributed by atoms with E-state index in [0.29, 0.717) is 18.2 Å². The molecule has 3 aromatic rings. The van der Waals surface area contributed by atoms with Crippen molar-refractivity contribution in [3.05, 3.63) is 92.9 Å². The molecule has 1 aliphatic heterocycles. The minimum absolute atomic E-state index is 0.0332. The minimum atomic E-state index is -1.01. The van der Waals surface area contributed by atoms with Crippen LogP contribution in [0.4, 0.5) is 14.5 Å². The second-order valence-corrected chi connectivity index (χ2v) is 8.14. The molecule has 7 nitrogen and oxygen atoms in total. The van der Waals surface area contributed by atoms with Crippen LogP contribution in [0.1, 0.15) is 51.9 Å². The Morgan fingerprint density at radius 2 is 1.88 bits per heavy atom. The van der Waals surface area contributed by atoms with Gasteiger partial charge in [0.25, 0.3) is 11.8 Å². The highest BCUT2D eigenvalue weighted by Gasteiger charge is 2.35. The van der Waals surface area contributed by atoms with Crippen LogP contribution in [0.2, 0.25) is 0 Å². The summed E-state index contributed by atoms with van der Waals surface area (Å²) >= 11 is 0. The molecule has 1 aliphatic rings. The molecular weight excluding hydrogens is 444 g/mol. The van der Waals surface area contributed by atoms with Crippen molar-refractivity contribution in [2.24, 2.45) is 0 Å². The molecule has 0 saturated carbocycles. The molecule has 0 saturated heterocycles. The second-order valence-electron chi connectivity index (χ2n) is 8.14. The molecule has 0 radical (unpaired) electrons. The van der Waals surface area contributed by atoms with Gasteiger partial charge in [-0.05, 0) is 31.0 Å². The van der Waals surface area contributed by atoms with Gasteiger partial charge in [-0.2, -0.15) is 0 Å². The summed E-state index contributed by atoms with van der Waals surface area (Å²) in [5, 5.41) is 13.1. The minimum Gasteiger partial charge on any atom is -0.503 e. The zero-order valence-electron chi connectivity index (χ0n) is 18.6. The fourth-order valence-electron chi connectivity index (χ4n) is 4.12. The van der Waals surface area contributed by atoms with Gasteiger partial charge in [-0.3, -0.25) is 14.4 Å². The van der Waals surface area contributed by atoms with E-state index in [9.17, 15) is 28.3 Å². The Morgan fingerprint density at radius 3 is 2.59 bits per heavy atom. The average Bonchev–Trinajstić information content (AvgIpc) is 2.82. The normalized spacial score (nSPS) is 15.2. The third-order valence-corrected chi connectivity index (χ3v) is 5.94. The predicted octanol–water partition coefficient (Wildman–Crippen LogP) is 3.55. The number of para-hydroxylation sites is 1. The molecule has 0 spiro atoms. The predicted molar refractivity (Wildman–Crippen MR) is 122 cm³/mol. The summed E-state index contributed by atoms with van der Waals surface area (Å²) in [5.41, 5.74) is 0.0902. The van der Waals surface area contributed by atoms with Gasteiger partial charge in [0.05, 0.1) is 0 Å². The summed E-state index contributed by atoms with van der Waals surface area (Å²) < 4.78 is 28.4. The van der Waals surface area contributed by atoms with Gasteiger partial charge in [0.15, 0.2) is 11.4 Å². The number of rotatable bonds is 5. The van der Waals surface area contributed by atoms with E-state index in [1.165, 1.54) is 21.7 Å². The van der Waals surface area contributed by atoms with Crippen molar-refractivity contribution < 1.29 is 23.5 Å². The first-order valence-corrected chi connectivity index (χ1v) is 10.8. The highest BCUT2D eigenvalue weighted by Crippen LogP contribution is 2.31. The maximum atomic E-state index is 13.9. The number of halogens is 2. The van der Waals surface area contributed by atoms with Crippen LogP contribution in [0, 0.1) is 11.6 Å². The summed E-state index contributed by atoms with van der Waals surface area (Å²) in [5.74, 6) is -3.81. The molecule has 2 N–H and O–H groups in total. The van der Waals surface area contributed by atoms with Crippen molar-refractivity contribution >= 4 is 17.5 Å². The van der Waals surface area contributed by atoms with Crippen LogP contribution in [0.5, 0.6) is 5.75 Å². The molecule has 0 bridgehead atoms. The van der Waals surface area contributed by atoms with Crippen molar-refractivity contribution in [2.75, 3.05) is 11.4 Å². The lowest BCUT2D eigenvalue weighted by Gasteiger charge is -2.35. The zero-order valence-corrected chi connectivity index (χ0v) is 18.6. The van der Waals surface area contributed by atoms with Crippen molar-refractivity contribution in [2.45, 2.75) is 32.9 Å². The number of aromatic nitrogens is 1. The lowest BCUT2D eigenvalue weighted by Crippen LogP contribution is -2.45. The van der Waals surface area contributed by atoms with Gasteiger partial charge >= 0.3 is 0 Å². The second kappa shape index (κ2) is 9.09. The highest BCUT2D eigenvalue weighted by atomic mass is 19.1. The van der Waals surface area contributed by atoms with Crippen LogP contribution in [0.25, 0.3) is 0 Å². The Labute approximate surface area is 194 Å². The molecule has 1 unspecified atom stereocenters. The van der Waals surface area contributed by atoms with E-state index in [-0.39, 0.29) is 36.0 Å². The first-order valence-electron chi connectivity index (χ1n) is 10.8. The first-order chi connectivity index (χ1) is 16.2. The monoisotopic (exact) mass is 467 g/mol. The topological polar surface area (TPSA) is 91.6 Å². The summed E-state index contributed by atoms with van der Waals surface area (Å²) in [6.07, 6.45) is 1.93. The number of carbonyl (C=O) groups is 2. The average molecular weight is 467 g/mol. The van der Waals surface area contributed by atoms with E-state index < -0.39 is 34.6 Å². The Morgan fingerprint density at radius 1 is 1.15 bits per heavy atom. The van der Waals surface area contributed by atoms with Gasteiger partial charge in [-0.25, -0.2) is 8.78 Å². The van der Waals surface area contributed by atoms with Crippen molar-refractivity contribution in [3.63, 3.8) is 0 Å². The number of fused-ring (bicyclic) bond motifs is 1.